The third kappa shape index (κ3) is 5.37. The molecule has 1 aromatic heterocycles. The zero-order valence-electron chi connectivity index (χ0n) is 12.8. The second kappa shape index (κ2) is 8.13. The summed E-state index contributed by atoms with van der Waals surface area (Å²) in [5.41, 5.74) is 0.843. The molecule has 1 unspecified atom stereocenters. The summed E-state index contributed by atoms with van der Waals surface area (Å²) in [4.78, 5) is 20.2. The van der Waals surface area contributed by atoms with E-state index < -0.39 is 6.09 Å². The third-order valence-electron chi connectivity index (χ3n) is 3.18. The Labute approximate surface area is 145 Å². The number of ether oxygens (including phenoxy) is 1. The van der Waals surface area contributed by atoms with E-state index in [1.165, 1.54) is 0 Å². The molecule has 0 saturated carbocycles. The SMILES string of the molecule is CC(Cc1ncccn1)OC(=O)N[C@@H](C)c1ccc(Cl)c(Cl)c1. The first-order valence-electron chi connectivity index (χ1n) is 7.13. The first-order valence-corrected chi connectivity index (χ1v) is 7.89. The number of nitrogens with one attached hydrogen (secondary N) is 1. The summed E-state index contributed by atoms with van der Waals surface area (Å²) in [6.07, 6.45) is 2.92. The quantitative estimate of drug-likeness (QED) is 0.874. The summed E-state index contributed by atoms with van der Waals surface area (Å²) in [5, 5.41) is 3.67. The van der Waals surface area contributed by atoms with Crippen molar-refractivity contribution in [2.45, 2.75) is 32.4 Å². The van der Waals surface area contributed by atoms with Crippen LogP contribution in [0, 0.1) is 0 Å². The van der Waals surface area contributed by atoms with E-state index in [1.807, 2.05) is 6.92 Å². The molecule has 1 heterocycles. The van der Waals surface area contributed by atoms with E-state index in [4.69, 9.17) is 27.9 Å². The van der Waals surface area contributed by atoms with Crippen LogP contribution in [0.1, 0.15) is 31.3 Å². The van der Waals surface area contributed by atoms with Gasteiger partial charge in [-0.3, -0.25) is 0 Å². The Hall–Kier alpha value is -1.85. The molecule has 0 aliphatic rings. The van der Waals surface area contributed by atoms with Crippen LogP contribution in [-0.4, -0.2) is 22.2 Å². The van der Waals surface area contributed by atoms with Gasteiger partial charge in [0.2, 0.25) is 0 Å². The molecule has 5 nitrogen and oxygen atoms in total. The standard InChI is InChI=1S/C16H17Cl2N3O2/c1-10(8-15-19-6-3-7-20-15)23-16(22)21-11(2)12-4-5-13(17)14(18)9-12/h3-7,9-11H,8H2,1-2H3,(H,21,22)/t10?,11-/m0/s1. The Morgan fingerprint density at radius 1 is 1.22 bits per heavy atom. The zero-order valence-corrected chi connectivity index (χ0v) is 14.3. The molecule has 0 aliphatic heterocycles. The van der Waals surface area contributed by atoms with Gasteiger partial charge in [0.15, 0.2) is 0 Å². The van der Waals surface area contributed by atoms with Crippen molar-refractivity contribution in [3.8, 4) is 0 Å². The van der Waals surface area contributed by atoms with Gasteiger partial charge in [-0.25, -0.2) is 14.8 Å². The lowest BCUT2D eigenvalue weighted by Gasteiger charge is -2.17. The Balaban J connectivity index is 1.87. The summed E-state index contributed by atoms with van der Waals surface area (Å²) in [7, 11) is 0. The summed E-state index contributed by atoms with van der Waals surface area (Å²) >= 11 is 11.9. The van der Waals surface area contributed by atoms with Gasteiger partial charge in [-0.1, -0.05) is 29.3 Å². The normalized spacial score (nSPS) is 13.2. The first-order chi connectivity index (χ1) is 11.0. The molecule has 122 valence electrons. The summed E-state index contributed by atoms with van der Waals surface area (Å²) in [6, 6.07) is 6.70. The molecule has 2 aromatic rings. The number of amides is 1. The molecule has 0 fully saturated rings. The molecule has 0 bridgehead atoms. The fraction of sp³-hybridized carbons (Fsp3) is 0.312. The van der Waals surface area contributed by atoms with Crippen molar-refractivity contribution in [3.63, 3.8) is 0 Å². The number of rotatable bonds is 5. The van der Waals surface area contributed by atoms with Gasteiger partial charge in [-0.05, 0) is 37.6 Å². The number of hydrogen-bond acceptors (Lipinski definition) is 4. The highest BCUT2D eigenvalue weighted by atomic mass is 35.5. The number of halogens is 2. The van der Waals surface area contributed by atoms with Crippen molar-refractivity contribution in [2.75, 3.05) is 0 Å². The molecule has 2 rings (SSSR count). The minimum absolute atomic E-state index is 0.252. The van der Waals surface area contributed by atoms with Gasteiger partial charge >= 0.3 is 6.09 Å². The van der Waals surface area contributed by atoms with Gasteiger partial charge in [0.1, 0.15) is 11.9 Å². The molecule has 1 amide bonds. The van der Waals surface area contributed by atoms with Crippen LogP contribution >= 0.6 is 23.2 Å². The highest BCUT2D eigenvalue weighted by Crippen LogP contribution is 2.25. The van der Waals surface area contributed by atoms with Crippen LogP contribution in [0.2, 0.25) is 10.0 Å². The van der Waals surface area contributed by atoms with Gasteiger partial charge in [0, 0.05) is 18.8 Å². The van der Waals surface area contributed by atoms with Crippen LogP contribution in [0.15, 0.2) is 36.7 Å². The lowest BCUT2D eigenvalue weighted by atomic mass is 10.1. The molecule has 1 N–H and O–H groups in total. The Morgan fingerprint density at radius 2 is 1.91 bits per heavy atom. The van der Waals surface area contributed by atoms with Gasteiger partial charge in [-0.15, -0.1) is 0 Å². The van der Waals surface area contributed by atoms with Gasteiger partial charge in [0.25, 0.3) is 0 Å². The van der Waals surface area contributed by atoms with Crippen molar-refractivity contribution >= 4 is 29.3 Å². The highest BCUT2D eigenvalue weighted by Gasteiger charge is 2.15. The molecular formula is C16H17Cl2N3O2. The zero-order chi connectivity index (χ0) is 16.8. The average molecular weight is 354 g/mol. The fourth-order valence-corrected chi connectivity index (χ4v) is 2.30. The van der Waals surface area contributed by atoms with Crippen LogP contribution < -0.4 is 5.32 Å². The van der Waals surface area contributed by atoms with Crippen molar-refractivity contribution in [1.29, 1.82) is 0 Å². The van der Waals surface area contributed by atoms with Gasteiger partial charge < -0.3 is 10.1 Å². The smallest absolute Gasteiger partial charge is 0.407 e. The molecule has 2 atom stereocenters. The number of carbonyl (C=O) groups excluding carboxylic acids is 1. The van der Waals surface area contributed by atoms with Crippen molar-refractivity contribution in [1.82, 2.24) is 15.3 Å². The monoisotopic (exact) mass is 353 g/mol. The fourth-order valence-electron chi connectivity index (χ4n) is 1.99. The predicted molar refractivity (Wildman–Crippen MR) is 89.7 cm³/mol. The molecule has 1 aromatic carbocycles. The Morgan fingerprint density at radius 3 is 2.57 bits per heavy atom. The predicted octanol–water partition coefficient (Wildman–Crippen LogP) is 4.20. The van der Waals surface area contributed by atoms with Crippen LogP contribution in [0.5, 0.6) is 0 Å². The van der Waals surface area contributed by atoms with E-state index in [1.54, 1.807) is 43.6 Å². The molecule has 0 saturated heterocycles. The minimum atomic E-state index is -0.507. The minimum Gasteiger partial charge on any atom is -0.446 e. The molecule has 7 heteroatoms. The van der Waals surface area contributed by atoms with E-state index in [9.17, 15) is 4.79 Å². The number of nitrogens with zero attached hydrogens (tertiary/aromatic N) is 2. The largest absolute Gasteiger partial charge is 0.446 e. The van der Waals surface area contributed by atoms with E-state index in [0.29, 0.717) is 22.3 Å². The topological polar surface area (TPSA) is 64.1 Å². The van der Waals surface area contributed by atoms with E-state index in [0.717, 1.165) is 5.56 Å². The lowest BCUT2D eigenvalue weighted by molar-refractivity contribution is 0.103. The van der Waals surface area contributed by atoms with E-state index >= 15 is 0 Å². The highest BCUT2D eigenvalue weighted by molar-refractivity contribution is 6.42. The molecule has 0 spiro atoms. The Bertz CT molecular complexity index is 668. The lowest BCUT2D eigenvalue weighted by Crippen LogP contribution is -2.31. The van der Waals surface area contributed by atoms with Crippen LogP contribution in [0.3, 0.4) is 0 Å². The molecule has 23 heavy (non-hydrogen) atoms. The molecular weight excluding hydrogens is 337 g/mol. The second-order valence-electron chi connectivity index (χ2n) is 5.12. The van der Waals surface area contributed by atoms with Crippen molar-refractivity contribution in [2.24, 2.45) is 0 Å². The summed E-state index contributed by atoms with van der Waals surface area (Å²) < 4.78 is 5.31. The van der Waals surface area contributed by atoms with Crippen LogP contribution in [0.25, 0.3) is 0 Å². The average Bonchev–Trinajstić information content (AvgIpc) is 2.50. The third-order valence-corrected chi connectivity index (χ3v) is 3.91. The van der Waals surface area contributed by atoms with Gasteiger partial charge in [-0.2, -0.15) is 0 Å². The maximum atomic E-state index is 11.9. The summed E-state index contributed by atoms with van der Waals surface area (Å²) in [6.45, 7) is 3.63. The molecule has 0 aliphatic carbocycles. The number of alkyl carbamates (subject to hydrolysis) is 1. The van der Waals surface area contributed by atoms with Crippen LogP contribution in [0.4, 0.5) is 4.79 Å². The van der Waals surface area contributed by atoms with Crippen molar-refractivity contribution in [3.05, 3.63) is 58.1 Å². The second-order valence-corrected chi connectivity index (χ2v) is 5.94. The van der Waals surface area contributed by atoms with Gasteiger partial charge in [0.05, 0.1) is 16.1 Å². The number of carbonyl (C=O) groups is 1. The first kappa shape index (κ1) is 17.5. The van der Waals surface area contributed by atoms with E-state index in [-0.39, 0.29) is 12.1 Å². The number of aromatic nitrogens is 2. The van der Waals surface area contributed by atoms with E-state index in [2.05, 4.69) is 15.3 Å². The maximum absolute atomic E-state index is 11.9. The molecule has 0 radical (unpaired) electrons. The number of hydrogen-bond donors (Lipinski definition) is 1. The Kier molecular flexibility index (Phi) is 6.19. The maximum Gasteiger partial charge on any atom is 0.407 e. The van der Waals surface area contributed by atoms with Crippen molar-refractivity contribution < 1.29 is 9.53 Å². The number of benzene rings is 1. The van der Waals surface area contributed by atoms with Crippen LogP contribution in [-0.2, 0) is 11.2 Å². The summed E-state index contributed by atoms with van der Waals surface area (Å²) in [5.74, 6) is 0.630.